The second-order valence-corrected chi connectivity index (χ2v) is 3.25. The molecule has 0 saturated heterocycles. The summed E-state index contributed by atoms with van der Waals surface area (Å²) in [5.41, 5.74) is 0. The molecule has 0 aromatic carbocycles. The van der Waals surface area contributed by atoms with Crippen LogP contribution in [0.2, 0.25) is 0 Å². The molecule has 2 rings (SSSR count). The highest BCUT2D eigenvalue weighted by Gasteiger charge is 1.84. The van der Waals surface area contributed by atoms with Crippen LogP contribution in [-0.2, 0) is 10.4 Å². The van der Waals surface area contributed by atoms with E-state index in [0.717, 1.165) is 0 Å². The Hall–Kier alpha value is -1.70. The van der Waals surface area contributed by atoms with Crippen LogP contribution in [0.5, 0.6) is 0 Å². The summed E-state index contributed by atoms with van der Waals surface area (Å²) in [5.74, 6) is 0. The molecule has 0 unspecified atom stereocenters. The lowest BCUT2D eigenvalue weighted by Gasteiger charge is -1.70. The minimum Gasteiger partial charge on any atom is -0.368 e. The second-order valence-electron chi connectivity index (χ2n) is 2.36. The summed E-state index contributed by atoms with van der Waals surface area (Å²) in [6, 6.07) is 9.60. The van der Waals surface area contributed by atoms with Crippen molar-refractivity contribution in [3.63, 3.8) is 0 Å². The van der Waals surface area contributed by atoms with Gasteiger partial charge in [0, 0.05) is 24.8 Å². The Morgan fingerprint density at radius 3 is 1.44 bits per heavy atom. The van der Waals surface area contributed by atoms with Gasteiger partial charge < -0.3 is 4.98 Å². The lowest BCUT2D eigenvalue weighted by Crippen LogP contribution is -1.89. The van der Waals surface area contributed by atoms with Gasteiger partial charge in [-0.2, -0.15) is 8.42 Å². The first-order valence-corrected chi connectivity index (χ1v) is 5.52. The molecule has 0 atom stereocenters. The van der Waals surface area contributed by atoms with Crippen molar-refractivity contribution >= 4 is 10.4 Å². The number of H-pyrrole nitrogens is 1. The maximum absolute atomic E-state index is 8.74. The van der Waals surface area contributed by atoms with Crippen LogP contribution in [0, 0.1) is 0 Å². The van der Waals surface area contributed by atoms with Crippen LogP contribution in [0.3, 0.4) is 0 Å². The minimum absolute atomic E-state index is 1.75. The van der Waals surface area contributed by atoms with Crippen LogP contribution in [-0.4, -0.2) is 27.5 Å². The van der Waals surface area contributed by atoms with Crippen molar-refractivity contribution in [2.75, 3.05) is 0 Å². The van der Waals surface area contributed by atoms with Crippen molar-refractivity contribution in [1.29, 1.82) is 0 Å². The fourth-order valence-corrected chi connectivity index (χ4v) is 0.590. The van der Waals surface area contributed by atoms with Gasteiger partial charge in [-0.05, 0) is 24.3 Å². The Morgan fingerprint density at radius 2 is 1.31 bits per heavy atom. The van der Waals surface area contributed by atoms with Gasteiger partial charge in [0.15, 0.2) is 0 Å². The van der Waals surface area contributed by atoms with Gasteiger partial charge >= 0.3 is 10.4 Å². The van der Waals surface area contributed by atoms with Crippen molar-refractivity contribution in [2.45, 2.75) is 0 Å². The smallest absolute Gasteiger partial charge is 0.368 e. The van der Waals surface area contributed by atoms with Crippen LogP contribution >= 0.6 is 0 Å². The highest BCUT2D eigenvalue weighted by atomic mass is 32.3. The SMILES string of the molecule is O=S(=O)(O)O.c1cc[nH]c1.c1ccncc1. The van der Waals surface area contributed by atoms with E-state index in [1.807, 2.05) is 42.7 Å². The number of nitrogens with zero attached hydrogens (tertiary/aromatic N) is 1. The van der Waals surface area contributed by atoms with E-state index in [4.69, 9.17) is 17.5 Å². The molecule has 0 aliphatic heterocycles. The van der Waals surface area contributed by atoms with Crippen LogP contribution in [0.1, 0.15) is 0 Å². The van der Waals surface area contributed by atoms with Crippen molar-refractivity contribution in [3.8, 4) is 0 Å². The van der Waals surface area contributed by atoms with Crippen molar-refractivity contribution in [2.24, 2.45) is 0 Å². The normalized spacial score (nSPS) is 9.12. The predicted octanol–water partition coefficient (Wildman–Crippen LogP) is 1.44. The summed E-state index contributed by atoms with van der Waals surface area (Å²) in [6.07, 6.45) is 7.25. The number of pyridine rings is 1. The summed E-state index contributed by atoms with van der Waals surface area (Å²) < 4.78 is 31.6. The number of hydrogen-bond donors (Lipinski definition) is 3. The van der Waals surface area contributed by atoms with Crippen molar-refractivity contribution in [3.05, 3.63) is 55.1 Å². The largest absolute Gasteiger partial charge is 0.394 e. The molecule has 2 aromatic heterocycles. The monoisotopic (exact) mass is 244 g/mol. The first-order chi connectivity index (χ1) is 7.50. The molecule has 7 heteroatoms. The van der Waals surface area contributed by atoms with Gasteiger partial charge in [-0.3, -0.25) is 14.1 Å². The number of rotatable bonds is 0. The highest BCUT2D eigenvalue weighted by Crippen LogP contribution is 1.73. The van der Waals surface area contributed by atoms with Gasteiger partial charge in [-0.25, -0.2) is 0 Å². The van der Waals surface area contributed by atoms with E-state index in [2.05, 4.69) is 9.97 Å². The van der Waals surface area contributed by atoms with Crippen LogP contribution in [0.15, 0.2) is 55.1 Å². The molecule has 0 radical (unpaired) electrons. The molecule has 2 aromatic rings. The summed E-state index contributed by atoms with van der Waals surface area (Å²) >= 11 is 0. The topological polar surface area (TPSA) is 103 Å². The van der Waals surface area contributed by atoms with Crippen LogP contribution < -0.4 is 0 Å². The van der Waals surface area contributed by atoms with E-state index >= 15 is 0 Å². The average molecular weight is 244 g/mol. The minimum atomic E-state index is -4.67. The summed E-state index contributed by atoms with van der Waals surface area (Å²) in [4.78, 5) is 6.65. The van der Waals surface area contributed by atoms with E-state index in [1.165, 1.54) is 0 Å². The van der Waals surface area contributed by atoms with E-state index < -0.39 is 10.4 Å². The lowest BCUT2D eigenvalue weighted by molar-refractivity contribution is 0.381. The third-order valence-electron chi connectivity index (χ3n) is 1.06. The van der Waals surface area contributed by atoms with Crippen molar-refractivity contribution in [1.82, 2.24) is 9.97 Å². The summed E-state index contributed by atoms with van der Waals surface area (Å²) in [6.45, 7) is 0. The molecule has 0 bridgehead atoms. The molecule has 0 saturated carbocycles. The fraction of sp³-hybridized carbons (Fsp3) is 0. The van der Waals surface area contributed by atoms with Gasteiger partial charge in [0.1, 0.15) is 0 Å². The average Bonchev–Trinajstić information content (AvgIpc) is 2.75. The molecular weight excluding hydrogens is 232 g/mol. The third-order valence-corrected chi connectivity index (χ3v) is 1.06. The lowest BCUT2D eigenvalue weighted by atomic mass is 10.5. The molecule has 16 heavy (non-hydrogen) atoms. The maximum atomic E-state index is 8.74. The Morgan fingerprint density at radius 1 is 0.875 bits per heavy atom. The van der Waals surface area contributed by atoms with Crippen molar-refractivity contribution < 1.29 is 17.5 Å². The fourth-order valence-electron chi connectivity index (χ4n) is 0.590. The number of aromatic amines is 1. The van der Waals surface area contributed by atoms with Gasteiger partial charge in [-0.1, -0.05) is 6.07 Å². The molecule has 2 heterocycles. The first-order valence-electron chi connectivity index (χ1n) is 4.13. The predicted molar refractivity (Wildman–Crippen MR) is 59.2 cm³/mol. The quantitative estimate of drug-likeness (QED) is 0.608. The Bertz CT molecular complexity index is 376. The molecule has 0 aliphatic carbocycles. The Balaban J connectivity index is 0.000000213. The number of hydrogen-bond acceptors (Lipinski definition) is 3. The van der Waals surface area contributed by atoms with Gasteiger partial charge in [0.05, 0.1) is 0 Å². The zero-order valence-electron chi connectivity index (χ0n) is 8.26. The Kier molecular flexibility index (Phi) is 7.68. The van der Waals surface area contributed by atoms with E-state index in [0.29, 0.717) is 0 Å². The van der Waals surface area contributed by atoms with Crippen LogP contribution in [0.25, 0.3) is 0 Å². The molecule has 88 valence electrons. The number of nitrogens with one attached hydrogen (secondary N) is 1. The molecule has 0 aliphatic rings. The van der Waals surface area contributed by atoms with E-state index in [-0.39, 0.29) is 0 Å². The third kappa shape index (κ3) is 18.2. The van der Waals surface area contributed by atoms with E-state index in [9.17, 15) is 0 Å². The zero-order valence-corrected chi connectivity index (χ0v) is 9.08. The van der Waals surface area contributed by atoms with E-state index in [1.54, 1.807) is 12.4 Å². The summed E-state index contributed by atoms with van der Waals surface area (Å²) in [7, 11) is -4.67. The molecule has 0 fully saturated rings. The highest BCUT2D eigenvalue weighted by molar-refractivity contribution is 7.79. The number of aromatic nitrogens is 2. The second kappa shape index (κ2) is 8.60. The summed E-state index contributed by atoms with van der Waals surface area (Å²) in [5, 5.41) is 0. The van der Waals surface area contributed by atoms with Gasteiger partial charge in [0.2, 0.25) is 0 Å². The van der Waals surface area contributed by atoms with Crippen LogP contribution in [0.4, 0.5) is 0 Å². The molecular formula is C9H12N2O4S. The standard InChI is InChI=1S/C5H5N.C4H5N.H2O4S/c1-2-4-6-5-3-1;1-2-4-5-3-1;1-5(2,3)4/h1-5H;1-5H;(H2,1,2,3,4). The maximum Gasteiger partial charge on any atom is 0.394 e. The van der Waals surface area contributed by atoms with Gasteiger partial charge in [-0.15, -0.1) is 0 Å². The Labute approximate surface area is 93.6 Å². The molecule has 6 nitrogen and oxygen atoms in total. The zero-order chi connectivity index (χ0) is 12.3. The molecule has 0 spiro atoms. The van der Waals surface area contributed by atoms with Gasteiger partial charge in [0.25, 0.3) is 0 Å². The molecule has 3 N–H and O–H groups in total. The first kappa shape index (κ1) is 14.3. The molecule has 0 amide bonds.